The molecule has 0 heterocycles. The molecule has 0 aliphatic heterocycles. The van der Waals surface area contributed by atoms with E-state index < -0.39 is 71.3 Å². The van der Waals surface area contributed by atoms with Gasteiger partial charge in [-0.1, -0.05) is 0 Å². The van der Waals surface area contributed by atoms with Crippen molar-refractivity contribution >= 4 is 35.8 Å². The number of hydrogen-bond acceptors (Lipinski definition) is 12. The fraction of sp³-hybridized carbons (Fsp3) is 0.667. The number of carbonyl (C=O) groups is 6. The molecule has 5 atom stereocenters. The standard InChI is InChI=1S/C18H24O12/c1-25-8(19)7-18(17(24)30-6)11(15(22)28-4)9(13(20)26-2)10(14(21)27-3)12(18)16(23)29-5/h9-12H,7H2,1-6H3/t9-,10+,11-,12-,18?/m0/s1. The monoisotopic (exact) mass is 432 g/mol. The third-order valence-electron chi connectivity index (χ3n) is 5.30. The molecule has 168 valence electrons. The van der Waals surface area contributed by atoms with Crippen LogP contribution in [0.15, 0.2) is 0 Å². The van der Waals surface area contributed by atoms with Crippen LogP contribution in [-0.2, 0) is 57.2 Å². The molecule has 0 N–H and O–H groups in total. The Labute approximate surface area is 172 Å². The van der Waals surface area contributed by atoms with Gasteiger partial charge in [0.1, 0.15) is 5.41 Å². The van der Waals surface area contributed by atoms with Crippen molar-refractivity contribution in [1.82, 2.24) is 0 Å². The molecule has 1 rings (SSSR count). The third-order valence-corrected chi connectivity index (χ3v) is 5.30. The molecule has 0 aromatic heterocycles. The molecule has 0 aromatic rings. The Kier molecular flexibility index (Phi) is 8.31. The average Bonchev–Trinajstić information content (AvgIpc) is 3.07. The van der Waals surface area contributed by atoms with E-state index in [0.717, 1.165) is 42.7 Å². The first-order valence-corrected chi connectivity index (χ1v) is 8.59. The Balaban J connectivity index is 4.06. The largest absolute Gasteiger partial charge is 0.469 e. The van der Waals surface area contributed by atoms with Crippen molar-refractivity contribution in [2.24, 2.45) is 29.1 Å². The van der Waals surface area contributed by atoms with E-state index >= 15 is 0 Å². The van der Waals surface area contributed by atoms with Crippen molar-refractivity contribution in [3.05, 3.63) is 0 Å². The van der Waals surface area contributed by atoms with Crippen molar-refractivity contribution in [2.75, 3.05) is 42.7 Å². The van der Waals surface area contributed by atoms with Crippen LogP contribution in [0.1, 0.15) is 6.42 Å². The van der Waals surface area contributed by atoms with E-state index in [0.29, 0.717) is 0 Å². The predicted octanol–water partition coefficient (Wildman–Crippen LogP) is -1.12. The smallest absolute Gasteiger partial charge is 0.314 e. The minimum absolute atomic E-state index is 0.892. The van der Waals surface area contributed by atoms with Gasteiger partial charge in [-0.05, 0) is 0 Å². The number of esters is 6. The summed E-state index contributed by atoms with van der Waals surface area (Å²) in [6.07, 6.45) is -0.892. The number of carbonyl (C=O) groups excluding carboxylic acids is 6. The lowest BCUT2D eigenvalue weighted by Crippen LogP contribution is -2.50. The van der Waals surface area contributed by atoms with Gasteiger partial charge in [-0.25, -0.2) is 0 Å². The zero-order chi connectivity index (χ0) is 23.2. The van der Waals surface area contributed by atoms with Crippen LogP contribution in [0.2, 0.25) is 0 Å². The Bertz CT molecular complexity index is 685. The lowest BCUT2D eigenvalue weighted by atomic mass is 9.67. The second-order valence-corrected chi connectivity index (χ2v) is 6.38. The fourth-order valence-electron chi connectivity index (χ4n) is 4.10. The highest BCUT2D eigenvalue weighted by molar-refractivity contribution is 6.01. The summed E-state index contributed by atoms with van der Waals surface area (Å²) in [4.78, 5) is 76.0. The van der Waals surface area contributed by atoms with Crippen LogP contribution in [-0.4, -0.2) is 78.5 Å². The molecular weight excluding hydrogens is 408 g/mol. The number of hydrogen-bond donors (Lipinski definition) is 0. The summed E-state index contributed by atoms with van der Waals surface area (Å²) in [5, 5.41) is 0. The zero-order valence-electron chi connectivity index (χ0n) is 17.4. The zero-order valence-corrected chi connectivity index (χ0v) is 17.4. The summed E-state index contributed by atoms with van der Waals surface area (Å²) >= 11 is 0. The Hall–Kier alpha value is -3.18. The summed E-state index contributed by atoms with van der Waals surface area (Å²) in [6, 6.07) is 0. The molecule has 0 spiro atoms. The van der Waals surface area contributed by atoms with E-state index in [1.54, 1.807) is 0 Å². The first-order valence-electron chi connectivity index (χ1n) is 8.59. The maximum Gasteiger partial charge on any atom is 0.314 e. The molecule has 0 bridgehead atoms. The first-order chi connectivity index (χ1) is 14.1. The second kappa shape index (κ2) is 10.0. The molecule has 0 aromatic carbocycles. The van der Waals surface area contributed by atoms with Crippen LogP contribution in [0.5, 0.6) is 0 Å². The maximum atomic E-state index is 13.0. The third kappa shape index (κ3) is 3.94. The van der Waals surface area contributed by atoms with Crippen LogP contribution in [0.4, 0.5) is 0 Å². The van der Waals surface area contributed by atoms with Gasteiger partial charge in [0, 0.05) is 0 Å². The van der Waals surface area contributed by atoms with E-state index in [4.69, 9.17) is 23.7 Å². The van der Waals surface area contributed by atoms with Crippen LogP contribution in [0.25, 0.3) is 0 Å². The van der Waals surface area contributed by atoms with E-state index in [2.05, 4.69) is 4.74 Å². The van der Waals surface area contributed by atoms with E-state index in [1.807, 2.05) is 0 Å². The molecule has 12 heteroatoms. The van der Waals surface area contributed by atoms with E-state index in [-0.39, 0.29) is 0 Å². The average molecular weight is 432 g/mol. The van der Waals surface area contributed by atoms with Crippen molar-refractivity contribution in [2.45, 2.75) is 6.42 Å². The molecule has 0 saturated heterocycles. The lowest BCUT2D eigenvalue weighted by molar-refractivity contribution is -0.179. The molecule has 30 heavy (non-hydrogen) atoms. The molecule has 1 aliphatic rings. The quantitative estimate of drug-likeness (QED) is 0.353. The van der Waals surface area contributed by atoms with Crippen LogP contribution in [0, 0.1) is 29.1 Å². The Morgan fingerprint density at radius 1 is 0.567 bits per heavy atom. The second-order valence-electron chi connectivity index (χ2n) is 6.38. The molecule has 1 unspecified atom stereocenters. The van der Waals surface area contributed by atoms with Crippen molar-refractivity contribution in [1.29, 1.82) is 0 Å². The van der Waals surface area contributed by atoms with Gasteiger partial charge in [0.15, 0.2) is 0 Å². The lowest BCUT2D eigenvalue weighted by Gasteiger charge is -2.34. The van der Waals surface area contributed by atoms with Gasteiger partial charge in [0.05, 0.1) is 72.8 Å². The van der Waals surface area contributed by atoms with Crippen molar-refractivity contribution in [3.63, 3.8) is 0 Å². The van der Waals surface area contributed by atoms with Gasteiger partial charge in [0.2, 0.25) is 0 Å². The highest BCUT2D eigenvalue weighted by Gasteiger charge is 2.74. The molecule has 12 nitrogen and oxygen atoms in total. The van der Waals surface area contributed by atoms with Gasteiger partial charge in [-0.15, -0.1) is 0 Å². The normalized spacial score (nSPS) is 27.4. The van der Waals surface area contributed by atoms with E-state index in [1.165, 1.54) is 0 Å². The minimum Gasteiger partial charge on any atom is -0.469 e. The fourth-order valence-corrected chi connectivity index (χ4v) is 4.10. The Morgan fingerprint density at radius 3 is 1.20 bits per heavy atom. The SMILES string of the molecule is COC(=O)CC1(C(=O)OC)[C@H](C(=O)OC)[C@H](C(=O)OC)[C@H](C(=O)OC)[C@H]1C(=O)OC. The Morgan fingerprint density at radius 2 is 0.933 bits per heavy atom. The predicted molar refractivity (Wildman–Crippen MR) is 93.1 cm³/mol. The van der Waals surface area contributed by atoms with Gasteiger partial charge >= 0.3 is 35.8 Å². The number of methoxy groups -OCH3 is 6. The number of rotatable bonds is 7. The van der Waals surface area contributed by atoms with Crippen LogP contribution >= 0.6 is 0 Å². The first kappa shape index (κ1) is 24.9. The summed E-state index contributed by atoms with van der Waals surface area (Å²) in [6.45, 7) is 0. The molecular formula is C18H24O12. The van der Waals surface area contributed by atoms with Crippen LogP contribution < -0.4 is 0 Å². The molecule has 1 saturated carbocycles. The highest BCUT2D eigenvalue weighted by atomic mass is 16.6. The van der Waals surface area contributed by atoms with Crippen molar-refractivity contribution in [3.8, 4) is 0 Å². The van der Waals surface area contributed by atoms with Gasteiger partial charge in [-0.3, -0.25) is 28.8 Å². The highest BCUT2D eigenvalue weighted by Crippen LogP contribution is 2.58. The topological polar surface area (TPSA) is 158 Å². The summed E-state index contributed by atoms with van der Waals surface area (Å²) in [7, 11) is 5.86. The number of ether oxygens (including phenoxy) is 6. The summed E-state index contributed by atoms with van der Waals surface area (Å²) < 4.78 is 28.3. The molecule has 1 aliphatic carbocycles. The van der Waals surface area contributed by atoms with Gasteiger partial charge in [-0.2, -0.15) is 0 Å². The van der Waals surface area contributed by atoms with Gasteiger partial charge in [0.25, 0.3) is 0 Å². The maximum absolute atomic E-state index is 13.0. The van der Waals surface area contributed by atoms with E-state index in [9.17, 15) is 28.8 Å². The summed E-state index contributed by atoms with van der Waals surface area (Å²) in [5.41, 5.74) is -2.38. The molecule has 1 fully saturated rings. The molecule has 0 radical (unpaired) electrons. The summed E-state index contributed by atoms with van der Waals surface area (Å²) in [5.74, 6) is -13.8. The molecule has 0 amide bonds. The minimum atomic E-state index is -2.38. The van der Waals surface area contributed by atoms with Gasteiger partial charge < -0.3 is 28.4 Å². The van der Waals surface area contributed by atoms with Crippen molar-refractivity contribution < 1.29 is 57.2 Å². The van der Waals surface area contributed by atoms with Crippen LogP contribution in [0.3, 0.4) is 0 Å².